The average Bonchev–Trinajstić information content (AvgIpc) is 2.54. The van der Waals surface area contributed by atoms with Gasteiger partial charge in [0.05, 0.1) is 0 Å². The summed E-state index contributed by atoms with van der Waals surface area (Å²) < 4.78 is 1.30. The minimum Gasteiger partial charge on any atom is -0.136 e. The van der Waals surface area contributed by atoms with Crippen LogP contribution in [0.25, 0.3) is 24.3 Å². The Kier molecular flexibility index (Phi) is 3.26. The molecule has 1 aromatic rings. The average molecular weight is 190 g/mol. The molecule has 0 amide bonds. The van der Waals surface area contributed by atoms with Crippen molar-refractivity contribution in [1.29, 1.82) is 0 Å². The van der Waals surface area contributed by atoms with Gasteiger partial charge in [0, 0.05) is 9.41 Å². The third kappa shape index (κ3) is 1.65. The second-order valence-electron chi connectivity index (χ2n) is 2.64. The molecule has 0 aliphatic rings. The standard InChI is InChI=1S/C12H14S/c1-5-9-10(6-2)12(8-4)13-11(9)7-3/h5-8H,1,3H2,2,4H3/b10-6-,12-8+. The second-order valence-corrected chi connectivity index (χ2v) is 3.73. The molecule has 13 heavy (non-hydrogen) atoms. The molecular weight excluding hydrogens is 176 g/mol. The SMILES string of the molecule is C=Cc1sc(=C/C)/c(=C\C)c1C=C. The molecule has 0 fully saturated rings. The minimum atomic E-state index is 1.20. The molecule has 0 saturated heterocycles. The lowest BCUT2D eigenvalue weighted by Gasteiger charge is -1.88. The molecule has 0 unspecified atom stereocenters. The van der Waals surface area contributed by atoms with Crippen LogP contribution < -0.4 is 9.75 Å². The first-order valence-electron chi connectivity index (χ1n) is 4.28. The summed E-state index contributed by atoms with van der Waals surface area (Å²) in [7, 11) is 0. The molecule has 0 aliphatic heterocycles. The van der Waals surface area contributed by atoms with E-state index in [0.717, 1.165) is 0 Å². The van der Waals surface area contributed by atoms with Gasteiger partial charge in [0.15, 0.2) is 0 Å². The fraction of sp³-hybridized carbons (Fsp3) is 0.167. The molecular formula is C12H14S. The van der Waals surface area contributed by atoms with Crippen LogP contribution in [0.4, 0.5) is 0 Å². The summed E-state index contributed by atoms with van der Waals surface area (Å²) in [5.41, 5.74) is 1.20. The fourth-order valence-electron chi connectivity index (χ4n) is 1.37. The lowest BCUT2D eigenvalue weighted by atomic mass is 10.2. The van der Waals surface area contributed by atoms with E-state index in [2.05, 4.69) is 39.2 Å². The maximum absolute atomic E-state index is 3.82. The van der Waals surface area contributed by atoms with Gasteiger partial charge < -0.3 is 0 Å². The Morgan fingerprint density at radius 3 is 2.15 bits per heavy atom. The third-order valence-electron chi connectivity index (χ3n) is 1.98. The van der Waals surface area contributed by atoms with E-state index in [0.29, 0.717) is 0 Å². The molecule has 68 valence electrons. The van der Waals surface area contributed by atoms with Gasteiger partial charge in [0.2, 0.25) is 0 Å². The van der Waals surface area contributed by atoms with Crippen molar-refractivity contribution < 1.29 is 0 Å². The Balaban J connectivity index is 3.74. The maximum Gasteiger partial charge on any atom is 0.0349 e. The largest absolute Gasteiger partial charge is 0.136 e. The van der Waals surface area contributed by atoms with Gasteiger partial charge in [-0.15, -0.1) is 11.3 Å². The lowest BCUT2D eigenvalue weighted by molar-refractivity contribution is 1.61. The molecule has 0 saturated carbocycles. The van der Waals surface area contributed by atoms with E-state index in [1.54, 1.807) is 11.3 Å². The van der Waals surface area contributed by atoms with E-state index in [1.807, 2.05) is 12.2 Å². The van der Waals surface area contributed by atoms with Gasteiger partial charge in [-0.25, -0.2) is 0 Å². The zero-order chi connectivity index (χ0) is 9.84. The Morgan fingerprint density at radius 2 is 1.77 bits per heavy atom. The van der Waals surface area contributed by atoms with Crippen molar-refractivity contribution in [3.05, 3.63) is 33.3 Å². The van der Waals surface area contributed by atoms with E-state index in [4.69, 9.17) is 0 Å². The van der Waals surface area contributed by atoms with Crippen LogP contribution in [0.2, 0.25) is 0 Å². The number of rotatable bonds is 2. The zero-order valence-corrected chi connectivity index (χ0v) is 8.95. The van der Waals surface area contributed by atoms with E-state index in [1.165, 1.54) is 20.2 Å². The molecule has 1 aromatic heterocycles. The van der Waals surface area contributed by atoms with Crippen molar-refractivity contribution in [2.24, 2.45) is 0 Å². The van der Waals surface area contributed by atoms with E-state index in [-0.39, 0.29) is 0 Å². The highest BCUT2D eigenvalue weighted by molar-refractivity contribution is 7.11. The molecule has 0 radical (unpaired) electrons. The highest BCUT2D eigenvalue weighted by Crippen LogP contribution is 2.10. The molecule has 0 spiro atoms. The fourth-order valence-corrected chi connectivity index (χ4v) is 2.45. The summed E-state index contributed by atoms with van der Waals surface area (Å²) in [6.45, 7) is 11.7. The van der Waals surface area contributed by atoms with E-state index >= 15 is 0 Å². The molecule has 0 atom stereocenters. The normalized spacial score (nSPS) is 13.4. The molecule has 1 rings (SSSR count). The molecule has 1 heteroatoms. The summed E-state index contributed by atoms with van der Waals surface area (Å²) in [5.74, 6) is 0. The van der Waals surface area contributed by atoms with Crippen molar-refractivity contribution in [2.75, 3.05) is 0 Å². The van der Waals surface area contributed by atoms with E-state index < -0.39 is 0 Å². The van der Waals surface area contributed by atoms with Gasteiger partial charge in [-0.2, -0.15) is 0 Å². The van der Waals surface area contributed by atoms with Crippen LogP contribution in [-0.2, 0) is 0 Å². The molecule has 1 heterocycles. The van der Waals surface area contributed by atoms with Crippen LogP contribution in [0.15, 0.2) is 13.2 Å². The van der Waals surface area contributed by atoms with Crippen LogP contribution >= 0.6 is 11.3 Å². The van der Waals surface area contributed by atoms with Gasteiger partial charge in [0.25, 0.3) is 0 Å². The monoisotopic (exact) mass is 190 g/mol. The third-order valence-corrected chi connectivity index (χ3v) is 3.26. The predicted molar refractivity (Wildman–Crippen MR) is 64.0 cm³/mol. The van der Waals surface area contributed by atoms with Crippen molar-refractivity contribution in [2.45, 2.75) is 13.8 Å². The smallest absolute Gasteiger partial charge is 0.0349 e. The van der Waals surface area contributed by atoms with Gasteiger partial charge in [0.1, 0.15) is 0 Å². The predicted octanol–water partition coefficient (Wildman–Crippen LogP) is 2.63. The molecule has 0 nitrogen and oxygen atoms in total. The number of thiophene rings is 1. The first-order chi connectivity index (χ1) is 6.28. The van der Waals surface area contributed by atoms with Gasteiger partial charge >= 0.3 is 0 Å². The van der Waals surface area contributed by atoms with Crippen molar-refractivity contribution in [3.8, 4) is 0 Å². The first kappa shape index (κ1) is 10.0. The second kappa shape index (κ2) is 4.24. The quantitative estimate of drug-likeness (QED) is 0.672. The Labute approximate surface area is 83.2 Å². The first-order valence-corrected chi connectivity index (χ1v) is 5.10. The number of hydrogen-bond donors (Lipinski definition) is 0. The summed E-state index contributed by atoms with van der Waals surface area (Å²) in [6, 6.07) is 0. The van der Waals surface area contributed by atoms with Gasteiger partial charge in [-0.1, -0.05) is 37.5 Å². The van der Waals surface area contributed by atoms with Gasteiger partial charge in [-0.3, -0.25) is 0 Å². The summed E-state index contributed by atoms with van der Waals surface area (Å²) in [4.78, 5) is 1.20. The summed E-state index contributed by atoms with van der Waals surface area (Å²) in [6.07, 6.45) is 8.04. The number of hydrogen-bond acceptors (Lipinski definition) is 1. The Hall–Kier alpha value is -1.08. The van der Waals surface area contributed by atoms with Gasteiger partial charge in [-0.05, 0) is 24.6 Å². The van der Waals surface area contributed by atoms with Crippen molar-refractivity contribution in [1.82, 2.24) is 0 Å². The van der Waals surface area contributed by atoms with Crippen LogP contribution in [0, 0.1) is 0 Å². The molecule has 0 aromatic carbocycles. The molecule has 0 aliphatic carbocycles. The van der Waals surface area contributed by atoms with E-state index in [9.17, 15) is 0 Å². The molecule has 0 bridgehead atoms. The highest BCUT2D eigenvalue weighted by Gasteiger charge is 2.01. The van der Waals surface area contributed by atoms with Crippen LogP contribution in [0.5, 0.6) is 0 Å². The summed E-state index contributed by atoms with van der Waals surface area (Å²) in [5, 5.41) is 1.28. The Bertz CT molecular complexity index is 432. The highest BCUT2D eigenvalue weighted by atomic mass is 32.1. The van der Waals surface area contributed by atoms with Crippen molar-refractivity contribution in [3.63, 3.8) is 0 Å². The summed E-state index contributed by atoms with van der Waals surface area (Å²) >= 11 is 1.76. The minimum absolute atomic E-state index is 1.20. The zero-order valence-electron chi connectivity index (χ0n) is 8.13. The lowest BCUT2D eigenvalue weighted by Crippen LogP contribution is -2.19. The topological polar surface area (TPSA) is 0 Å². The molecule has 0 N–H and O–H groups in total. The maximum atomic E-state index is 3.82. The van der Waals surface area contributed by atoms with Crippen LogP contribution in [-0.4, -0.2) is 0 Å². The Morgan fingerprint density at radius 1 is 1.08 bits per heavy atom. The van der Waals surface area contributed by atoms with Crippen molar-refractivity contribution >= 4 is 35.6 Å². The van der Waals surface area contributed by atoms with Crippen LogP contribution in [0.1, 0.15) is 24.3 Å². The van der Waals surface area contributed by atoms with Crippen LogP contribution in [0.3, 0.4) is 0 Å².